The van der Waals surface area contributed by atoms with Gasteiger partial charge in [-0.1, -0.05) is 152 Å². The van der Waals surface area contributed by atoms with E-state index in [-0.39, 0.29) is 11.6 Å². The minimum atomic E-state index is -0.177. The van der Waals surface area contributed by atoms with Crippen LogP contribution in [0, 0.1) is 0 Å². The van der Waals surface area contributed by atoms with Gasteiger partial charge in [0, 0.05) is 77.9 Å². The number of rotatable bonds is 12. The minimum Gasteiger partial charge on any atom is -0.310 e. The number of carbonyl (C=O) groups excluding carboxylic acids is 2. The van der Waals surface area contributed by atoms with Crippen molar-refractivity contribution in [3.8, 4) is 11.4 Å². The Kier molecular flexibility index (Phi) is 11.1. The van der Waals surface area contributed by atoms with E-state index in [2.05, 4.69) is 189 Å². The third kappa shape index (κ3) is 7.61. The molecule has 0 atom stereocenters. The van der Waals surface area contributed by atoms with Crippen molar-refractivity contribution in [3.63, 3.8) is 0 Å². The van der Waals surface area contributed by atoms with E-state index in [1.165, 1.54) is 0 Å². The largest absolute Gasteiger partial charge is 0.310 e. The van der Waals surface area contributed by atoms with E-state index in [9.17, 15) is 0 Å². The van der Waals surface area contributed by atoms with E-state index in [0.29, 0.717) is 22.3 Å². The highest BCUT2D eigenvalue weighted by Crippen LogP contribution is 2.42. The van der Waals surface area contributed by atoms with Crippen molar-refractivity contribution >= 4 is 89.3 Å². The fourth-order valence-electron chi connectivity index (χ4n) is 10.8. The Morgan fingerprint density at radius 1 is 0.257 bits per heavy atom. The number of anilines is 6. The first-order valence-electron chi connectivity index (χ1n) is 24.8. The summed E-state index contributed by atoms with van der Waals surface area (Å²) < 4.78 is 4.38. The van der Waals surface area contributed by atoms with Gasteiger partial charge in [0.2, 0.25) is 0 Å². The molecule has 0 aliphatic heterocycles. The quantitative estimate of drug-likeness (QED) is 0.115. The SMILES string of the molecule is O=C(c1cccc(C(=O)c2ccccc2-n2c3ccccc3c3cc(N(c4ccccc4)c4ccccc4)ccc32)c1)c1ccccc1-n1c2ccccc2c2cc(N(c3ccccc3)c3ccccc3)ccc21. The molecule has 0 radical (unpaired) electrons. The smallest absolute Gasteiger partial charge is 0.195 e. The molecule has 0 bridgehead atoms. The van der Waals surface area contributed by atoms with Crippen LogP contribution < -0.4 is 9.80 Å². The van der Waals surface area contributed by atoms with Gasteiger partial charge >= 0.3 is 0 Å². The number of carbonyl (C=O) groups is 2. The molecule has 0 aliphatic rings. The fourth-order valence-corrected chi connectivity index (χ4v) is 10.8. The zero-order valence-corrected chi connectivity index (χ0v) is 40.2. The first-order valence-corrected chi connectivity index (χ1v) is 24.8. The molecule has 74 heavy (non-hydrogen) atoms. The maximum absolute atomic E-state index is 15.1. The van der Waals surface area contributed by atoms with Crippen LogP contribution in [0.3, 0.4) is 0 Å². The van der Waals surface area contributed by atoms with E-state index in [1.807, 2.05) is 91.0 Å². The molecule has 13 rings (SSSR count). The molecule has 0 N–H and O–H groups in total. The maximum Gasteiger partial charge on any atom is 0.195 e. The highest BCUT2D eigenvalue weighted by molar-refractivity contribution is 6.18. The molecule has 0 unspecified atom stereocenters. The summed E-state index contributed by atoms with van der Waals surface area (Å²) in [6.07, 6.45) is 0. The number of hydrogen-bond donors (Lipinski definition) is 0. The number of hydrogen-bond acceptors (Lipinski definition) is 4. The minimum absolute atomic E-state index is 0.177. The Balaban J connectivity index is 0.876. The average molecular weight is 951 g/mol. The van der Waals surface area contributed by atoms with Crippen LogP contribution >= 0.6 is 0 Å². The van der Waals surface area contributed by atoms with E-state index in [0.717, 1.165) is 89.1 Å². The molecule has 11 aromatic carbocycles. The van der Waals surface area contributed by atoms with Crippen LogP contribution in [0.1, 0.15) is 31.8 Å². The molecule has 0 amide bonds. The molecule has 6 nitrogen and oxygen atoms in total. The van der Waals surface area contributed by atoms with Gasteiger partial charge in [-0.15, -0.1) is 0 Å². The Morgan fingerprint density at radius 2 is 0.581 bits per heavy atom. The molecule has 350 valence electrons. The topological polar surface area (TPSA) is 50.5 Å². The van der Waals surface area contributed by atoms with E-state index < -0.39 is 0 Å². The first kappa shape index (κ1) is 43.9. The Morgan fingerprint density at radius 3 is 0.973 bits per heavy atom. The second-order valence-electron chi connectivity index (χ2n) is 18.4. The monoisotopic (exact) mass is 950 g/mol. The molecule has 6 heteroatoms. The lowest BCUT2D eigenvalue weighted by atomic mass is 9.96. The summed E-state index contributed by atoms with van der Waals surface area (Å²) in [5, 5.41) is 4.27. The normalized spacial score (nSPS) is 11.4. The number of ketones is 2. The van der Waals surface area contributed by atoms with Crippen LogP contribution in [0.25, 0.3) is 55.0 Å². The number of para-hydroxylation sites is 8. The zero-order chi connectivity index (χ0) is 49.5. The molecule has 13 aromatic rings. The second-order valence-corrected chi connectivity index (χ2v) is 18.4. The van der Waals surface area contributed by atoms with Gasteiger partial charge in [0.1, 0.15) is 0 Å². The lowest BCUT2D eigenvalue weighted by molar-refractivity contribution is 0.103. The molecule has 0 saturated heterocycles. The van der Waals surface area contributed by atoms with Gasteiger partial charge in [-0.2, -0.15) is 0 Å². The van der Waals surface area contributed by atoms with Crippen LogP contribution in [0.5, 0.6) is 0 Å². The maximum atomic E-state index is 15.1. The van der Waals surface area contributed by atoms with E-state index in [4.69, 9.17) is 0 Å². The van der Waals surface area contributed by atoms with Gasteiger partial charge in [-0.25, -0.2) is 0 Å². The fraction of sp³-hybridized carbons (Fsp3) is 0. The second kappa shape index (κ2) is 18.6. The summed E-state index contributed by atoms with van der Waals surface area (Å²) in [5.74, 6) is -0.354. The van der Waals surface area contributed by atoms with Crippen LogP contribution in [0.2, 0.25) is 0 Å². The van der Waals surface area contributed by atoms with Crippen molar-refractivity contribution in [3.05, 3.63) is 301 Å². The highest BCUT2D eigenvalue weighted by atomic mass is 16.1. The van der Waals surface area contributed by atoms with Crippen molar-refractivity contribution in [1.29, 1.82) is 0 Å². The highest BCUT2D eigenvalue weighted by Gasteiger charge is 2.24. The molecule has 0 aliphatic carbocycles. The molecule has 0 fully saturated rings. The molecule has 2 aromatic heterocycles. The predicted octanol–water partition coefficient (Wildman–Crippen LogP) is 17.3. The van der Waals surface area contributed by atoms with Crippen molar-refractivity contribution in [1.82, 2.24) is 9.13 Å². The van der Waals surface area contributed by atoms with Gasteiger partial charge in [0.25, 0.3) is 0 Å². The lowest BCUT2D eigenvalue weighted by Crippen LogP contribution is -2.11. The summed E-state index contributed by atoms with van der Waals surface area (Å²) in [5.41, 5.74) is 13.6. The van der Waals surface area contributed by atoms with Gasteiger partial charge < -0.3 is 18.9 Å². The lowest BCUT2D eigenvalue weighted by Gasteiger charge is -2.25. The van der Waals surface area contributed by atoms with Crippen LogP contribution in [-0.4, -0.2) is 20.7 Å². The first-order chi connectivity index (χ1) is 36.6. The summed E-state index contributed by atoms with van der Waals surface area (Å²) in [6, 6.07) is 94.1. The molecule has 0 saturated carbocycles. The van der Waals surface area contributed by atoms with Gasteiger partial charge in [0.15, 0.2) is 11.6 Å². The molecular formula is C68H46N4O2. The number of benzene rings is 11. The molecular weight excluding hydrogens is 905 g/mol. The molecule has 2 heterocycles. The van der Waals surface area contributed by atoms with Crippen LogP contribution in [-0.2, 0) is 0 Å². The van der Waals surface area contributed by atoms with Gasteiger partial charge in [-0.05, 0) is 127 Å². The van der Waals surface area contributed by atoms with Crippen molar-refractivity contribution in [2.45, 2.75) is 0 Å². The number of nitrogens with zero attached hydrogens (tertiary/aromatic N) is 4. The van der Waals surface area contributed by atoms with Crippen molar-refractivity contribution in [2.75, 3.05) is 9.80 Å². The zero-order valence-electron chi connectivity index (χ0n) is 40.2. The Bertz CT molecular complexity index is 3890. The number of aromatic nitrogens is 2. The predicted molar refractivity (Wildman–Crippen MR) is 304 cm³/mol. The van der Waals surface area contributed by atoms with Gasteiger partial charge in [0.05, 0.1) is 33.4 Å². The van der Waals surface area contributed by atoms with Crippen molar-refractivity contribution < 1.29 is 9.59 Å². The Labute approximate surface area is 428 Å². The van der Waals surface area contributed by atoms with E-state index in [1.54, 1.807) is 18.2 Å². The third-order valence-corrected chi connectivity index (χ3v) is 14.1. The Hall–Kier alpha value is -10.0. The average Bonchev–Trinajstić information content (AvgIpc) is 3.98. The van der Waals surface area contributed by atoms with Crippen LogP contribution in [0.15, 0.2) is 279 Å². The van der Waals surface area contributed by atoms with Crippen LogP contribution in [0.4, 0.5) is 34.1 Å². The standard InChI is InChI=1S/C68H46N4O2/c73-67(57-34-15-19-38-63(57)71-61-36-17-13-32-55(61)59-45-53(40-42-65(59)71)69(49-24-5-1-6-25-49)50-26-7-2-8-27-50)47-22-21-23-48(44-47)68(74)58-35-16-20-39-64(58)72-62-37-18-14-33-56(62)60-46-54(41-43-66(60)72)70(51-28-9-3-10-29-51)52-30-11-4-12-31-52/h1-46H. The third-order valence-electron chi connectivity index (χ3n) is 14.1. The van der Waals surface area contributed by atoms with E-state index >= 15 is 9.59 Å². The molecule has 0 spiro atoms. The number of fused-ring (bicyclic) bond motifs is 6. The summed E-state index contributed by atoms with van der Waals surface area (Å²) in [7, 11) is 0. The summed E-state index contributed by atoms with van der Waals surface area (Å²) in [4.78, 5) is 34.7. The summed E-state index contributed by atoms with van der Waals surface area (Å²) in [6.45, 7) is 0. The summed E-state index contributed by atoms with van der Waals surface area (Å²) >= 11 is 0. The van der Waals surface area contributed by atoms with Crippen molar-refractivity contribution in [2.24, 2.45) is 0 Å². The van der Waals surface area contributed by atoms with Gasteiger partial charge in [-0.3, -0.25) is 9.59 Å².